The Morgan fingerprint density at radius 3 is 0.731 bits per heavy atom. The molecule has 6 heteroatoms. The summed E-state index contributed by atoms with van der Waals surface area (Å²) in [5.41, 5.74) is 0. The number of hydrogen-bond acceptors (Lipinski definition) is 6. The molecule has 1 atom stereocenters. The number of esters is 3. The van der Waals surface area contributed by atoms with Crippen molar-refractivity contribution in [2.24, 2.45) is 0 Å². The molecule has 0 N–H and O–H groups in total. The maximum absolute atomic E-state index is 12.9. The summed E-state index contributed by atoms with van der Waals surface area (Å²) in [7, 11) is 0. The van der Waals surface area contributed by atoms with E-state index in [1.54, 1.807) is 0 Å². The molecule has 0 spiro atoms. The highest BCUT2D eigenvalue weighted by Gasteiger charge is 2.19. The maximum Gasteiger partial charge on any atom is 0.306 e. The van der Waals surface area contributed by atoms with Crippen molar-refractivity contribution in [1.29, 1.82) is 0 Å². The van der Waals surface area contributed by atoms with Crippen LogP contribution >= 0.6 is 0 Å². The number of carbonyl (C=O) groups is 3. The summed E-state index contributed by atoms with van der Waals surface area (Å²) in [6.45, 7) is 6.66. The molecule has 0 fully saturated rings. The second kappa shape index (κ2) is 66.9. The minimum atomic E-state index is -0.778. The normalized spacial score (nSPS) is 12.3. The van der Waals surface area contributed by atoms with Crippen LogP contribution in [-0.4, -0.2) is 37.2 Å². The Bertz CT molecular complexity index is 1350. The van der Waals surface area contributed by atoms with Gasteiger partial charge in [-0.1, -0.05) is 320 Å². The van der Waals surface area contributed by atoms with Crippen molar-refractivity contribution in [1.82, 2.24) is 0 Å². The van der Waals surface area contributed by atoms with E-state index in [1.807, 2.05) is 0 Å². The van der Waals surface area contributed by atoms with Gasteiger partial charge in [0, 0.05) is 19.3 Å². The number of rotatable bonds is 64. The lowest BCUT2D eigenvalue weighted by Gasteiger charge is -2.18. The molecule has 0 aromatic heterocycles. The van der Waals surface area contributed by atoms with E-state index in [4.69, 9.17) is 14.2 Å². The molecule has 456 valence electrons. The van der Waals surface area contributed by atoms with Gasteiger partial charge in [0.15, 0.2) is 6.10 Å². The third-order valence-corrected chi connectivity index (χ3v) is 15.6. The topological polar surface area (TPSA) is 78.9 Å². The van der Waals surface area contributed by atoms with Gasteiger partial charge < -0.3 is 14.2 Å². The molecular weight excluding hydrogens is 961 g/mol. The highest BCUT2D eigenvalue weighted by Crippen LogP contribution is 2.18. The first-order valence-corrected chi connectivity index (χ1v) is 34.6. The summed E-state index contributed by atoms with van der Waals surface area (Å²) in [4.78, 5) is 38.3. The molecule has 0 saturated heterocycles. The van der Waals surface area contributed by atoms with Crippen molar-refractivity contribution >= 4 is 17.9 Å². The second-order valence-corrected chi connectivity index (χ2v) is 23.4. The Labute approximate surface area is 486 Å². The molecule has 0 heterocycles. The van der Waals surface area contributed by atoms with E-state index in [0.717, 1.165) is 77.0 Å². The maximum atomic E-state index is 12.9. The third-order valence-electron chi connectivity index (χ3n) is 15.6. The van der Waals surface area contributed by atoms with Crippen molar-refractivity contribution in [3.8, 4) is 0 Å². The van der Waals surface area contributed by atoms with Gasteiger partial charge in [0.05, 0.1) is 0 Å². The molecule has 0 saturated carbocycles. The highest BCUT2D eigenvalue weighted by molar-refractivity contribution is 5.71. The van der Waals surface area contributed by atoms with Gasteiger partial charge >= 0.3 is 17.9 Å². The van der Waals surface area contributed by atoms with Crippen LogP contribution in [-0.2, 0) is 28.6 Å². The lowest BCUT2D eigenvalue weighted by atomic mass is 10.0. The minimum absolute atomic E-state index is 0.0742. The van der Waals surface area contributed by atoms with Gasteiger partial charge in [0.1, 0.15) is 13.2 Å². The average Bonchev–Trinajstić information content (AvgIpc) is 3.44. The first-order valence-electron chi connectivity index (χ1n) is 34.6. The van der Waals surface area contributed by atoms with Gasteiger partial charge in [-0.2, -0.15) is 0 Å². The monoisotopic (exact) mass is 1090 g/mol. The second-order valence-electron chi connectivity index (χ2n) is 23.4. The Morgan fingerprint density at radius 1 is 0.256 bits per heavy atom. The van der Waals surface area contributed by atoms with E-state index in [9.17, 15) is 14.4 Å². The predicted molar refractivity (Wildman–Crippen MR) is 339 cm³/mol. The van der Waals surface area contributed by atoms with E-state index in [1.165, 1.54) is 257 Å². The van der Waals surface area contributed by atoms with Crippen LogP contribution in [0.4, 0.5) is 0 Å². The fraction of sp³-hybridized carbons (Fsp3) is 0.847. The van der Waals surface area contributed by atoms with Crippen LogP contribution in [0.5, 0.6) is 0 Å². The highest BCUT2D eigenvalue weighted by atomic mass is 16.6. The SMILES string of the molecule is CCCCCCC/C=C\C/C=C\C/C=C\CCCCCCCCC(=O)OC(COC(=O)CCCCCCCCCCCC)COC(=O)CCCCCCCCCCCCCCCCCCC/C=C\CCCCCCCCCC. The molecule has 0 rings (SSSR count). The standard InChI is InChI=1S/C72H132O6/c1-4-7-10-13-16-19-22-24-26-28-30-32-33-34-35-36-37-38-39-41-42-44-46-48-50-53-56-59-62-65-71(74)77-68-69(67-76-70(73)64-61-58-55-52-21-18-15-12-9-6-3)78-72(75)66-63-60-57-54-51-49-47-45-43-40-31-29-27-25-23-20-17-14-11-8-5-2/h23,25,28-31,43,45,69H,4-22,24,26-27,32-42,44,46-68H2,1-3H3/b25-23-,30-28-,31-29-,45-43-. The lowest BCUT2D eigenvalue weighted by Crippen LogP contribution is -2.30. The Morgan fingerprint density at radius 2 is 0.462 bits per heavy atom. The van der Waals surface area contributed by atoms with Gasteiger partial charge in [0.25, 0.3) is 0 Å². The van der Waals surface area contributed by atoms with Gasteiger partial charge in [-0.05, 0) is 83.5 Å². The van der Waals surface area contributed by atoms with Crippen molar-refractivity contribution in [3.05, 3.63) is 48.6 Å². The molecule has 0 aliphatic heterocycles. The number of allylic oxidation sites excluding steroid dienone is 8. The Hall–Kier alpha value is -2.63. The van der Waals surface area contributed by atoms with Crippen LogP contribution in [0.15, 0.2) is 48.6 Å². The van der Waals surface area contributed by atoms with Crippen LogP contribution in [0.25, 0.3) is 0 Å². The molecule has 78 heavy (non-hydrogen) atoms. The zero-order valence-corrected chi connectivity index (χ0v) is 52.5. The van der Waals surface area contributed by atoms with Crippen molar-refractivity contribution in [3.63, 3.8) is 0 Å². The zero-order chi connectivity index (χ0) is 56.4. The van der Waals surface area contributed by atoms with E-state index < -0.39 is 6.10 Å². The molecular formula is C72H132O6. The fourth-order valence-electron chi connectivity index (χ4n) is 10.3. The van der Waals surface area contributed by atoms with Gasteiger partial charge in [-0.3, -0.25) is 14.4 Å². The van der Waals surface area contributed by atoms with E-state index >= 15 is 0 Å². The quantitative estimate of drug-likeness (QED) is 0.0261. The largest absolute Gasteiger partial charge is 0.462 e. The number of hydrogen-bond donors (Lipinski definition) is 0. The van der Waals surface area contributed by atoms with Crippen LogP contribution in [0, 0.1) is 0 Å². The van der Waals surface area contributed by atoms with Crippen LogP contribution in [0.1, 0.15) is 374 Å². The summed E-state index contributed by atoms with van der Waals surface area (Å²) < 4.78 is 16.9. The van der Waals surface area contributed by atoms with Crippen molar-refractivity contribution in [2.45, 2.75) is 380 Å². The van der Waals surface area contributed by atoms with E-state index in [2.05, 4.69) is 69.4 Å². The van der Waals surface area contributed by atoms with Crippen LogP contribution < -0.4 is 0 Å². The van der Waals surface area contributed by atoms with Gasteiger partial charge in [0.2, 0.25) is 0 Å². The summed E-state index contributed by atoms with van der Waals surface area (Å²) >= 11 is 0. The van der Waals surface area contributed by atoms with E-state index in [-0.39, 0.29) is 31.1 Å². The Kier molecular flexibility index (Phi) is 64.6. The fourth-order valence-corrected chi connectivity index (χ4v) is 10.3. The first-order chi connectivity index (χ1) is 38.5. The first kappa shape index (κ1) is 75.4. The average molecular weight is 1090 g/mol. The molecule has 6 nitrogen and oxygen atoms in total. The van der Waals surface area contributed by atoms with Crippen LogP contribution in [0.3, 0.4) is 0 Å². The molecule has 0 aromatic rings. The van der Waals surface area contributed by atoms with Gasteiger partial charge in [-0.15, -0.1) is 0 Å². The van der Waals surface area contributed by atoms with Crippen molar-refractivity contribution in [2.75, 3.05) is 13.2 Å². The zero-order valence-electron chi connectivity index (χ0n) is 52.5. The molecule has 0 radical (unpaired) electrons. The smallest absolute Gasteiger partial charge is 0.306 e. The summed E-state index contributed by atoms with van der Waals surface area (Å²) in [6, 6.07) is 0. The number of ether oxygens (including phenoxy) is 3. The predicted octanol–water partition coefficient (Wildman–Crippen LogP) is 23.7. The summed E-state index contributed by atoms with van der Waals surface area (Å²) in [5, 5.41) is 0. The van der Waals surface area contributed by atoms with E-state index in [0.29, 0.717) is 19.3 Å². The lowest BCUT2D eigenvalue weighted by molar-refractivity contribution is -0.167. The summed E-state index contributed by atoms with van der Waals surface area (Å²) in [5.74, 6) is -0.866. The minimum Gasteiger partial charge on any atom is -0.462 e. The molecule has 1 unspecified atom stereocenters. The summed E-state index contributed by atoms with van der Waals surface area (Å²) in [6.07, 6.45) is 84.3. The number of carbonyl (C=O) groups excluding carboxylic acids is 3. The number of unbranched alkanes of at least 4 members (excludes halogenated alkanes) is 45. The molecule has 0 aromatic carbocycles. The molecule has 0 aliphatic carbocycles. The third kappa shape index (κ3) is 64.2. The molecule has 0 aliphatic rings. The van der Waals surface area contributed by atoms with Crippen LogP contribution in [0.2, 0.25) is 0 Å². The Balaban J connectivity index is 4.16. The molecule has 0 amide bonds. The van der Waals surface area contributed by atoms with Crippen molar-refractivity contribution < 1.29 is 28.6 Å². The molecule has 0 bridgehead atoms. The van der Waals surface area contributed by atoms with Gasteiger partial charge in [-0.25, -0.2) is 0 Å².